The second-order valence-electron chi connectivity index (χ2n) is 9.61. The number of anilines is 1. The van der Waals surface area contributed by atoms with Crippen molar-refractivity contribution in [3.63, 3.8) is 0 Å². The van der Waals surface area contributed by atoms with Crippen LogP contribution in [0.1, 0.15) is 17.5 Å². The normalized spacial score (nSPS) is 17.8. The average Bonchev–Trinajstić information content (AvgIpc) is 3.56. The zero-order valence-corrected chi connectivity index (χ0v) is 20.0. The lowest BCUT2D eigenvalue weighted by Gasteiger charge is -2.30. The summed E-state index contributed by atoms with van der Waals surface area (Å²) in [5, 5.41) is 11.5. The maximum absolute atomic E-state index is 13.0. The van der Waals surface area contributed by atoms with E-state index in [2.05, 4.69) is 43.6 Å². The van der Waals surface area contributed by atoms with Gasteiger partial charge in [0.15, 0.2) is 0 Å². The van der Waals surface area contributed by atoms with Gasteiger partial charge in [-0.2, -0.15) is 5.10 Å². The number of fused-ring (bicyclic) bond motifs is 2. The minimum atomic E-state index is -0.139. The fourth-order valence-corrected chi connectivity index (χ4v) is 5.26. The Morgan fingerprint density at radius 2 is 1.86 bits per heavy atom. The van der Waals surface area contributed by atoms with E-state index in [1.165, 1.54) is 11.1 Å². The van der Waals surface area contributed by atoms with Gasteiger partial charge in [-0.3, -0.25) is 24.6 Å². The Kier molecular flexibility index (Phi) is 5.95. The van der Waals surface area contributed by atoms with E-state index in [4.69, 9.17) is 0 Å². The summed E-state index contributed by atoms with van der Waals surface area (Å²) in [6.45, 7) is 3.14. The van der Waals surface area contributed by atoms with Crippen LogP contribution in [-0.2, 0) is 22.6 Å². The van der Waals surface area contributed by atoms with Crippen LogP contribution in [0.3, 0.4) is 0 Å². The highest BCUT2D eigenvalue weighted by molar-refractivity contribution is 5.99. The van der Waals surface area contributed by atoms with Gasteiger partial charge in [-0.25, -0.2) is 0 Å². The third-order valence-electron chi connectivity index (χ3n) is 7.27. The molecule has 0 saturated carbocycles. The molecule has 0 spiro atoms. The fraction of sp³-hybridized carbons (Fsp3) is 0.286. The number of aromatic nitrogens is 3. The summed E-state index contributed by atoms with van der Waals surface area (Å²) in [6, 6.07) is 17.9. The highest BCUT2D eigenvalue weighted by Crippen LogP contribution is 2.29. The minimum absolute atomic E-state index is 0.00912. The molecule has 1 atom stereocenters. The zero-order chi connectivity index (χ0) is 24.5. The van der Waals surface area contributed by atoms with Crippen LogP contribution in [0.4, 0.5) is 5.69 Å². The first-order valence-corrected chi connectivity index (χ1v) is 12.4. The van der Waals surface area contributed by atoms with Gasteiger partial charge in [0.2, 0.25) is 11.8 Å². The van der Waals surface area contributed by atoms with Crippen molar-refractivity contribution in [3.8, 4) is 11.3 Å². The summed E-state index contributed by atoms with van der Waals surface area (Å²) in [4.78, 5) is 34.1. The van der Waals surface area contributed by atoms with Crippen LogP contribution in [-0.4, -0.2) is 63.0 Å². The highest BCUT2D eigenvalue weighted by Gasteiger charge is 2.31. The minimum Gasteiger partial charge on any atom is -0.337 e. The SMILES string of the molecule is O=C(Nc1ccc2[nH]nc(-c3ccncc3)c2c1)[C@@H]1CCN(CC(=O)N2CCc3ccccc3C2)C1. The molecule has 8 nitrogen and oxygen atoms in total. The molecule has 0 aliphatic carbocycles. The number of hydrogen-bond acceptors (Lipinski definition) is 5. The lowest BCUT2D eigenvalue weighted by Crippen LogP contribution is -2.42. The van der Waals surface area contributed by atoms with Crippen LogP contribution in [0, 0.1) is 5.92 Å². The lowest BCUT2D eigenvalue weighted by atomic mass is 10.00. The summed E-state index contributed by atoms with van der Waals surface area (Å²) >= 11 is 0. The number of carbonyl (C=O) groups is 2. The summed E-state index contributed by atoms with van der Waals surface area (Å²) in [5.41, 5.74) is 6.01. The quantitative estimate of drug-likeness (QED) is 0.456. The monoisotopic (exact) mass is 480 g/mol. The number of nitrogens with zero attached hydrogens (tertiary/aromatic N) is 4. The number of aromatic amines is 1. The smallest absolute Gasteiger partial charge is 0.237 e. The lowest BCUT2D eigenvalue weighted by molar-refractivity contribution is -0.133. The third-order valence-corrected chi connectivity index (χ3v) is 7.27. The molecule has 182 valence electrons. The molecule has 0 bridgehead atoms. The van der Waals surface area contributed by atoms with E-state index < -0.39 is 0 Å². The molecule has 4 aromatic rings. The molecule has 8 heteroatoms. The average molecular weight is 481 g/mol. The third kappa shape index (κ3) is 4.47. The summed E-state index contributed by atoms with van der Waals surface area (Å²) < 4.78 is 0. The van der Waals surface area contributed by atoms with Gasteiger partial charge in [-0.1, -0.05) is 24.3 Å². The second-order valence-corrected chi connectivity index (χ2v) is 9.61. The van der Waals surface area contributed by atoms with Crippen LogP contribution < -0.4 is 5.32 Å². The predicted molar refractivity (Wildman–Crippen MR) is 138 cm³/mol. The Labute approximate surface area is 209 Å². The van der Waals surface area contributed by atoms with Gasteiger partial charge >= 0.3 is 0 Å². The van der Waals surface area contributed by atoms with E-state index in [0.29, 0.717) is 19.6 Å². The van der Waals surface area contributed by atoms with Crippen molar-refractivity contribution in [2.24, 2.45) is 5.92 Å². The van der Waals surface area contributed by atoms with E-state index in [1.807, 2.05) is 41.3 Å². The number of benzene rings is 2. The highest BCUT2D eigenvalue weighted by atomic mass is 16.2. The van der Waals surface area contributed by atoms with Gasteiger partial charge in [0, 0.05) is 48.7 Å². The second kappa shape index (κ2) is 9.54. The number of pyridine rings is 1. The van der Waals surface area contributed by atoms with Gasteiger partial charge in [0.05, 0.1) is 18.0 Å². The summed E-state index contributed by atoms with van der Waals surface area (Å²) in [7, 11) is 0. The van der Waals surface area contributed by atoms with Crippen molar-refractivity contribution >= 4 is 28.4 Å². The van der Waals surface area contributed by atoms with Crippen molar-refractivity contribution in [3.05, 3.63) is 78.1 Å². The number of amides is 2. The standard InChI is InChI=1S/C28H28N6O2/c35-26(34-14-10-19-3-1-2-4-21(19)17-34)18-33-13-9-22(16-33)28(36)30-23-5-6-25-24(15-23)27(32-31-25)20-7-11-29-12-8-20/h1-8,11-12,15,22H,9-10,13-14,16-18H2,(H,30,36)(H,31,32)/t22-/m1/s1. The largest absolute Gasteiger partial charge is 0.337 e. The first-order chi connectivity index (χ1) is 17.6. The molecule has 6 rings (SSSR count). The number of H-pyrrole nitrogens is 1. The molecule has 0 unspecified atom stereocenters. The molecule has 4 heterocycles. The molecule has 0 radical (unpaired) electrons. The van der Waals surface area contributed by atoms with Gasteiger partial charge in [0.1, 0.15) is 5.69 Å². The maximum atomic E-state index is 13.0. The summed E-state index contributed by atoms with van der Waals surface area (Å²) in [5.74, 6) is -0.00985. The van der Waals surface area contributed by atoms with Crippen LogP contribution in [0.25, 0.3) is 22.2 Å². The Balaban J connectivity index is 1.07. The van der Waals surface area contributed by atoms with E-state index in [9.17, 15) is 9.59 Å². The van der Waals surface area contributed by atoms with E-state index >= 15 is 0 Å². The molecule has 2 aromatic carbocycles. The van der Waals surface area contributed by atoms with Crippen LogP contribution in [0.5, 0.6) is 0 Å². The van der Waals surface area contributed by atoms with Crippen molar-refractivity contribution in [1.82, 2.24) is 25.0 Å². The number of likely N-dealkylation sites (tertiary alicyclic amines) is 1. The molecule has 2 aliphatic heterocycles. The van der Waals surface area contributed by atoms with Gasteiger partial charge in [-0.15, -0.1) is 0 Å². The maximum Gasteiger partial charge on any atom is 0.237 e. The fourth-order valence-electron chi connectivity index (χ4n) is 5.26. The Hall–Kier alpha value is -4.04. The van der Waals surface area contributed by atoms with Crippen molar-refractivity contribution in [2.45, 2.75) is 19.4 Å². The van der Waals surface area contributed by atoms with Gasteiger partial charge < -0.3 is 10.2 Å². The van der Waals surface area contributed by atoms with E-state index in [0.717, 1.165) is 53.8 Å². The van der Waals surface area contributed by atoms with E-state index in [-0.39, 0.29) is 17.7 Å². The molecule has 36 heavy (non-hydrogen) atoms. The molecule has 2 amide bonds. The number of carbonyl (C=O) groups excluding carboxylic acids is 2. The van der Waals surface area contributed by atoms with Gasteiger partial charge in [0.25, 0.3) is 0 Å². The van der Waals surface area contributed by atoms with Crippen LogP contribution >= 0.6 is 0 Å². The predicted octanol–water partition coefficient (Wildman–Crippen LogP) is 3.47. The summed E-state index contributed by atoms with van der Waals surface area (Å²) in [6.07, 6.45) is 5.12. The number of hydrogen-bond donors (Lipinski definition) is 2. The first kappa shape index (κ1) is 22.4. The molecular formula is C28H28N6O2. The molecule has 2 aliphatic rings. The molecule has 1 saturated heterocycles. The molecule has 2 N–H and O–H groups in total. The zero-order valence-electron chi connectivity index (χ0n) is 20.0. The Morgan fingerprint density at radius 3 is 2.72 bits per heavy atom. The Bertz CT molecular complexity index is 1420. The Morgan fingerprint density at radius 1 is 1.03 bits per heavy atom. The van der Waals surface area contributed by atoms with Crippen LogP contribution in [0.15, 0.2) is 67.0 Å². The number of nitrogens with one attached hydrogen (secondary N) is 2. The van der Waals surface area contributed by atoms with Gasteiger partial charge in [-0.05, 0) is 60.8 Å². The van der Waals surface area contributed by atoms with Crippen molar-refractivity contribution < 1.29 is 9.59 Å². The van der Waals surface area contributed by atoms with E-state index in [1.54, 1.807) is 12.4 Å². The molecular weight excluding hydrogens is 452 g/mol. The van der Waals surface area contributed by atoms with Crippen LogP contribution in [0.2, 0.25) is 0 Å². The van der Waals surface area contributed by atoms with Crippen molar-refractivity contribution in [1.29, 1.82) is 0 Å². The van der Waals surface area contributed by atoms with Crippen molar-refractivity contribution in [2.75, 3.05) is 31.5 Å². The molecule has 1 fully saturated rings. The first-order valence-electron chi connectivity index (χ1n) is 12.4. The molecule has 2 aromatic heterocycles. The topological polar surface area (TPSA) is 94.2 Å². The number of rotatable bonds is 5.